The standard InChI is InChI=1S/C26H27NO2S/c1-21(2)25(28)29-19-18-27-20-30-26(22-12-6-3-7-13-22,23-14-8-4-9-15-23)24-16-10-5-11-17-24/h3-17,20,27,30H,1,18-19H2,2H3. The minimum atomic E-state index is -0.360. The number of rotatable bonds is 9. The Balaban J connectivity index is 1.93. The third-order valence-electron chi connectivity index (χ3n) is 4.75. The Kier molecular flexibility index (Phi) is 7.77. The molecule has 3 aromatic rings. The number of nitrogens with one attached hydrogen (secondary N) is 1. The second-order valence-corrected chi connectivity index (χ2v) is 8.12. The summed E-state index contributed by atoms with van der Waals surface area (Å²) < 4.78 is 4.81. The fourth-order valence-corrected chi connectivity index (χ4v) is 4.60. The molecule has 154 valence electrons. The summed E-state index contributed by atoms with van der Waals surface area (Å²) >= 11 is 1.07. The van der Waals surface area contributed by atoms with Crippen molar-refractivity contribution >= 4 is 22.8 Å². The van der Waals surface area contributed by atoms with E-state index in [2.05, 4.69) is 84.7 Å². The van der Waals surface area contributed by atoms with E-state index in [-0.39, 0.29) is 10.7 Å². The van der Waals surface area contributed by atoms with Gasteiger partial charge in [0.25, 0.3) is 0 Å². The summed E-state index contributed by atoms with van der Waals surface area (Å²) in [5.74, 6) is -0.360. The van der Waals surface area contributed by atoms with Gasteiger partial charge >= 0.3 is 5.97 Å². The van der Waals surface area contributed by atoms with Crippen LogP contribution in [0.15, 0.2) is 103 Å². The Morgan fingerprint density at radius 1 is 0.900 bits per heavy atom. The fraction of sp³-hybridized carbons (Fsp3) is 0.154. The first-order chi connectivity index (χ1) is 14.6. The maximum Gasteiger partial charge on any atom is 0.333 e. The lowest BCUT2D eigenvalue weighted by atomic mass is 9.84. The molecule has 0 bridgehead atoms. The van der Waals surface area contributed by atoms with E-state index in [4.69, 9.17) is 4.74 Å². The first-order valence-electron chi connectivity index (χ1n) is 9.91. The third-order valence-corrected chi connectivity index (χ3v) is 6.23. The smallest absolute Gasteiger partial charge is 0.333 e. The van der Waals surface area contributed by atoms with Crippen LogP contribution in [0.25, 0.3) is 0 Å². The predicted molar refractivity (Wildman–Crippen MR) is 128 cm³/mol. The Labute approximate surface area is 182 Å². The van der Waals surface area contributed by atoms with Crippen LogP contribution in [0.4, 0.5) is 0 Å². The zero-order valence-electron chi connectivity index (χ0n) is 17.1. The minimum Gasteiger partial charge on any atom is -0.461 e. The van der Waals surface area contributed by atoms with E-state index in [0.717, 1.165) is 11.4 Å². The molecule has 0 heterocycles. The normalized spacial score (nSPS) is 11.6. The van der Waals surface area contributed by atoms with Gasteiger partial charge in [-0.15, -0.1) is 0 Å². The topological polar surface area (TPSA) is 38.3 Å². The summed E-state index contributed by atoms with van der Waals surface area (Å²) in [5, 5.41) is 3.30. The number of carbonyl (C=O) groups is 1. The molecular weight excluding hydrogens is 390 g/mol. The maximum atomic E-state index is 11.5. The second kappa shape index (κ2) is 10.7. The highest BCUT2D eigenvalue weighted by Gasteiger charge is 2.33. The van der Waals surface area contributed by atoms with E-state index < -0.39 is 0 Å². The van der Waals surface area contributed by atoms with E-state index in [1.165, 1.54) is 16.7 Å². The Morgan fingerprint density at radius 3 is 1.73 bits per heavy atom. The molecular formula is C26H27NO2S. The van der Waals surface area contributed by atoms with Crippen molar-refractivity contribution < 1.29 is 9.53 Å². The van der Waals surface area contributed by atoms with Gasteiger partial charge in [0.1, 0.15) is 6.61 Å². The van der Waals surface area contributed by atoms with Crippen LogP contribution in [0.5, 0.6) is 0 Å². The molecule has 3 rings (SSSR count). The molecule has 3 aromatic carbocycles. The van der Waals surface area contributed by atoms with Gasteiger partial charge in [-0.1, -0.05) is 97.6 Å². The van der Waals surface area contributed by atoms with Crippen molar-refractivity contribution in [3.8, 4) is 0 Å². The molecule has 1 N–H and O–H groups in total. The predicted octanol–water partition coefficient (Wildman–Crippen LogP) is 4.91. The summed E-state index contributed by atoms with van der Waals surface area (Å²) in [6, 6.07) is 31.7. The van der Waals surface area contributed by atoms with Crippen LogP contribution in [0.2, 0.25) is 0 Å². The third kappa shape index (κ3) is 5.15. The second-order valence-electron chi connectivity index (χ2n) is 6.94. The van der Waals surface area contributed by atoms with Crippen LogP contribution < -0.4 is 5.32 Å². The van der Waals surface area contributed by atoms with Gasteiger partial charge in [-0.3, -0.25) is 5.32 Å². The highest BCUT2D eigenvalue weighted by atomic mass is 32.1. The molecule has 0 spiro atoms. The van der Waals surface area contributed by atoms with Gasteiger partial charge in [0.05, 0.1) is 4.75 Å². The fourth-order valence-electron chi connectivity index (χ4n) is 3.29. The molecule has 0 unspecified atom stereocenters. The lowest BCUT2D eigenvalue weighted by Gasteiger charge is -2.33. The number of hydrogen-bond donors (Lipinski definition) is 2. The van der Waals surface area contributed by atoms with Crippen LogP contribution in [-0.2, 0) is 14.3 Å². The molecule has 30 heavy (non-hydrogen) atoms. The zero-order chi connectivity index (χ0) is 21.2. The molecule has 3 nitrogen and oxygen atoms in total. The lowest BCUT2D eigenvalue weighted by molar-refractivity contribution is -0.138. The first kappa shape index (κ1) is 21.8. The summed E-state index contributed by atoms with van der Waals surface area (Å²) in [4.78, 5) is 11.5. The van der Waals surface area contributed by atoms with Gasteiger partial charge in [-0.25, -0.2) is 4.79 Å². The number of hydrogen-bond acceptors (Lipinski definition) is 2. The molecule has 4 heteroatoms. The van der Waals surface area contributed by atoms with E-state index >= 15 is 0 Å². The van der Waals surface area contributed by atoms with Crippen molar-refractivity contribution in [3.05, 3.63) is 120 Å². The summed E-state index contributed by atoms with van der Waals surface area (Å²) in [6.07, 6.45) is 0. The molecule has 0 aliphatic rings. The van der Waals surface area contributed by atoms with Crippen molar-refractivity contribution in [3.63, 3.8) is 0 Å². The number of esters is 1. The molecule has 0 fully saturated rings. The zero-order valence-corrected chi connectivity index (χ0v) is 18.0. The van der Waals surface area contributed by atoms with Crippen LogP contribution in [0, 0.1) is 0 Å². The highest BCUT2D eigenvalue weighted by molar-refractivity contribution is 7.98. The SMILES string of the molecule is C=C(C)C(=O)OCCNC=[SH]C(c1ccccc1)(c1ccccc1)c1ccccc1. The van der Waals surface area contributed by atoms with Gasteiger partial charge in [0.15, 0.2) is 0 Å². The van der Waals surface area contributed by atoms with Gasteiger partial charge in [0.2, 0.25) is 0 Å². The van der Waals surface area contributed by atoms with Crippen molar-refractivity contribution in [2.24, 2.45) is 0 Å². The first-order valence-corrected chi connectivity index (χ1v) is 10.9. The number of carbonyl (C=O) groups excluding carboxylic acids is 1. The highest BCUT2D eigenvalue weighted by Crippen LogP contribution is 2.44. The van der Waals surface area contributed by atoms with Gasteiger partial charge in [0, 0.05) is 17.6 Å². The van der Waals surface area contributed by atoms with Crippen LogP contribution in [0.3, 0.4) is 0 Å². The van der Waals surface area contributed by atoms with Gasteiger partial charge in [-0.05, 0) is 23.6 Å². The average molecular weight is 418 g/mol. The molecule has 0 saturated heterocycles. The Bertz CT molecular complexity index is 889. The van der Waals surface area contributed by atoms with Crippen LogP contribution in [-0.4, -0.2) is 24.6 Å². The lowest BCUT2D eigenvalue weighted by Crippen LogP contribution is -2.26. The molecule has 0 radical (unpaired) electrons. The number of benzene rings is 3. The Morgan fingerprint density at radius 2 is 1.33 bits per heavy atom. The molecule has 0 atom stereocenters. The average Bonchev–Trinajstić information content (AvgIpc) is 2.80. The van der Waals surface area contributed by atoms with Crippen LogP contribution >= 0.6 is 11.4 Å². The monoisotopic (exact) mass is 417 g/mol. The van der Waals surface area contributed by atoms with Gasteiger partial charge < -0.3 is 4.74 Å². The molecule has 0 aliphatic heterocycles. The molecule has 0 amide bonds. The van der Waals surface area contributed by atoms with Crippen molar-refractivity contribution in [1.29, 1.82) is 0 Å². The quantitative estimate of drug-likeness (QED) is 0.130. The van der Waals surface area contributed by atoms with Gasteiger partial charge in [-0.2, -0.15) is 11.4 Å². The van der Waals surface area contributed by atoms with Crippen molar-refractivity contribution in [2.45, 2.75) is 11.7 Å². The minimum absolute atomic E-state index is 0.298. The van der Waals surface area contributed by atoms with Crippen LogP contribution in [0.1, 0.15) is 23.6 Å². The van der Waals surface area contributed by atoms with Crippen molar-refractivity contribution in [2.75, 3.05) is 13.2 Å². The number of thiol groups is 1. The van der Waals surface area contributed by atoms with E-state index in [1.807, 2.05) is 23.7 Å². The maximum absolute atomic E-state index is 11.5. The molecule has 0 saturated carbocycles. The van der Waals surface area contributed by atoms with E-state index in [9.17, 15) is 4.79 Å². The van der Waals surface area contributed by atoms with E-state index in [0.29, 0.717) is 18.7 Å². The van der Waals surface area contributed by atoms with Crippen molar-refractivity contribution in [1.82, 2.24) is 5.32 Å². The summed E-state index contributed by atoms with van der Waals surface area (Å²) in [7, 11) is 0. The number of ether oxygens (including phenoxy) is 1. The molecule has 0 aromatic heterocycles. The molecule has 0 aliphatic carbocycles. The summed E-state index contributed by atoms with van der Waals surface area (Å²) in [6.45, 7) is 6.09. The Hall–Kier alpha value is -2.95. The van der Waals surface area contributed by atoms with E-state index in [1.54, 1.807) is 6.92 Å². The summed E-state index contributed by atoms with van der Waals surface area (Å²) in [5.41, 5.74) is 6.11. The largest absolute Gasteiger partial charge is 0.461 e.